The largest absolute Gasteiger partial charge is 0.354 e. The van der Waals surface area contributed by atoms with Gasteiger partial charge in [0.25, 0.3) is 5.56 Å². The fraction of sp³-hybridized carbons (Fsp3) is 0.435. The standard InChI is InChI=1S/C23H28ClN5O3S/c1-3-26-23-27-12-15-10-19(18-9-8-17(11-20(18)24)33(2,31)32)22(30)29(21(15)28-23)13-14-4-6-16(25)7-5-14/h8-12,14,16H,3-7,13,25H2,1-2H3,(H,26,27,28)/t14-,16-. The van der Waals surface area contributed by atoms with Crippen molar-refractivity contribution in [1.29, 1.82) is 0 Å². The molecule has 0 saturated heterocycles. The number of hydrogen-bond acceptors (Lipinski definition) is 7. The number of fused-ring (bicyclic) bond motifs is 1. The Bertz CT molecular complexity index is 1350. The number of aromatic nitrogens is 3. The molecule has 0 spiro atoms. The van der Waals surface area contributed by atoms with Crippen LogP contribution in [-0.2, 0) is 16.4 Å². The molecule has 1 fully saturated rings. The van der Waals surface area contributed by atoms with Crippen LogP contribution in [0, 0.1) is 5.92 Å². The molecule has 10 heteroatoms. The van der Waals surface area contributed by atoms with Crippen LogP contribution in [0.2, 0.25) is 5.02 Å². The minimum Gasteiger partial charge on any atom is -0.354 e. The molecule has 0 aliphatic heterocycles. The minimum atomic E-state index is -3.42. The summed E-state index contributed by atoms with van der Waals surface area (Å²) in [5.74, 6) is 0.786. The number of rotatable bonds is 6. The van der Waals surface area contributed by atoms with Gasteiger partial charge < -0.3 is 11.1 Å². The van der Waals surface area contributed by atoms with E-state index in [4.69, 9.17) is 17.3 Å². The minimum absolute atomic E-state index is 0.106. The third-order valence-corrected chi connectivity index (χ3v) is 7.58. The summed E-state index contributed by atoms with van der Waals surface area (Å²) in [6.07, 6.45) is 6.59. The van der Waals surface area contributed by atoms with E-state index in [1.807, 2.05) is 6.92 Å². The van der Waals surface area contributed by atoms with Gasteiger partial charge in [0, 0.05) is 53.1 Å². The predicted octanol–water partition coefficient (Wildman–Crippen LogP) is 3.46. The van der Waals surface area contributed by atoms with Crippen LogP contribution in [-0.4, -0.2) is 41.8 Å². The SMILES string of the molecule is CCNc1ncc2cc(-c3ccc(S(C)(=O)=O)cc3Cl)c(=O)n(C[C@H]3CC[C@H](N)CC3)c2n1. The van der Waals surface area contributed by atoms with Crippen molar-refractivity contribution in [2.75, 3.05) is 18.1 Å². The molecule has 1 aromatic carbocycles. The summed E-state index contributed by atoms with van der Waals surface area (Å²) in [6.45, 7) is 3.14. The van der Waals surface area contributed by atoms with Crippen molar-refractivity contribution in [3.8, 4) is 11.1 Å². The first kappa shape index (κ1) is 23.7. The third kappa shape index (κ3) is 5.05. The van der Waals surface area contributed by atoms with Gasteiger partial charge in [-0.05, 0) is 56.7 Å². The first-order chi connectivity index (χ1) is 15.7. The van der Waals surface area contributed by atoms with Crippen molar-refractivity contribution in [2.45, 2.75) is 50.1 Å². The topological polar surface area (TPSA) is 120 Å². The summed E-state index contributed by atoms with van der Waals surface area (Å²) >= 11 is 6.45. The lowest BCUT2D eigenvalue weighted by atomic mass is 9.86. The quantitative estimate of drug-likeness (QED) is 0.543. The molecule has 33 heavy (non-hydrogen) atoms. The first-order valence-corrected chi connectivity index (χ1v) is 13.3. The van der Waals surface area contributed by atoms with E-state index in [1.54, 1.807) is 22.9 Å². The molecule has 8 nitrogen and oxygen atoms in total. The number of benzene rings is 1. The molecule has 0 unspecified atom stereocenters. The molecule has 0 amide bonds. The van der Waals surface area contributed by atoms with Crippen molar-refractivity contribution < 1.29 is 8.42 Å². The molecule has 0 bridgehead atoms. The Labute approximate surface area is 198 Å². The van der Waals surface area contributed by atoms with E-state index >= 15 is 0 Å². The Morgan fingerprint density at radius 2 is 1.91 bits per heavy atom. The second-order valence-corrected chi connectivity index (χ2v) is 11.1. The van der Waals surface area contributed by atoms with Crippen LogP contribution in [0.5, 0.6) is 0 Å². The molecule has 1 saturated carbocycles. The van der Waals surface area contributed by atoms with E-state index in [2.05, 4.69) is 15.3 Å². The number of hydrogen-bond donors (Lipinski definition) is 2. The van der Waals surface area contributed by atoms with Gasteiger partial charge in [0.1, 0.15) is 5.65 Å². The zero-order valence-corrected chi connectivity index (χ0v) is 20.3. The maximum Gasteiger partial charge on any atom is 0.260 e. The number of pyridine rings is 1. The van der Waals surface area contributed by atoms with E-state index in [-0.39, 0.29) is 21.5 Å². The molecule has 1 aliphatic rings. The van der Waals surface area contributed by atoms with Gasteiger partial charge >= 0.3 is 0 Å². The average molecular weight is 490 g/mol. The normalized spacial score (nSPS) is 19.0. The summed E-state index contributed by atoms with van der Waals surface area (Å²) in [5, 5.41) is 4.01. The number of nitrogens with one attached hydrogen (secondary N) is 1. The highest BCUT2D eigenvalue weighted by Gasteiger charge is 2.22. The zero-order chi connectivity index (χ0) is 23.8. The Kier molecular flexibility index (Phi) is 6.74. The van der Waals surface area contributed by atoms with Crippen molar-refractivity contribution in [1.82, 2.24) is 14.5 Å². The van der Waals surface area contributed by atoms with Gasteiger partial charge in [-0.15, -0.1) is 0 Å². The Morgan fingerprint density at radius 1 is 1.18 bits per heavy atom. The molecular weight excluding hydrogens is 462 g/mol. The maximum atomic E-state index is 13.7. The number of halogens is 1. The van der Waals surface area contributed by atoms with E-state index in [1.165, 1.54) is 12.1 Å². The van der Waals surface area contributed by atoms with Gasteiger partial charge in [-0.3, -0.25) is 9.36 Å². The molecular formula is C23H28ClN5O3S. The van der Waals surface area contributed by atoms with Gasteiger partial charge in [-0.25, -0.2) is 13.4 Å². The molecule has 3 aromatic rings. The van der Waals surface area contributed by atoms with Gasteiger partial charge in [0.05, 0.1) is 4.90 Å². The average Bonchev–Trinajstić information content (AvgIpc) is 2.77. The number of anilines is 1. The molecule has 176 valence electrons. The van der Waals surface area contributed by atoms with Crippen LogP contribution in [0.1, 0.15) is 32.6 Å². The highest BCUT2D eigenvalue weighted by molar-refractivity contribution is 7.90. The van der Waals surface area contributed by atoms with E-state index < -0.39 is 9.84 Å². The zero-order valence-electron chi connectivity index (χ0n) is 18.7. The van der Waals surface area contributed by atoms with Crippen LogP contribution in [0.4, 0.5) is 5.95 Å². The number of nitrogens with zero attached hydrogens (tertiary/aromatic N) is 3. The van der Waals surface area contributed by atoms with Crippen molar-refractivity contribution in [3.05, 3.63) is 45.8 Å². The lowest BCUT2D eigenvalue weighted by molar-refractivity contribution is 0.295. The molecule has 4 rings (SSSR count). The molecule has 2 aromatic heterocycles. The summed E-state index contributed by atoms with van der Waals surface area (Å²) < 4.78 is 25.5. The summed E-state index contributed by atoms with van der Waals surface area (Å²) in [4.78, 5) is 22.8. The predicted molar refractivity (Wildman–Crippen MR) is 131 cm³/mol. The van der Waals surface area contributed by atoms with Crippen LogP contribution >= 0.6 is 11.6 Å². The van der Waals surface area contributed by atoms with Crippen LogP contribution < -0.4 is 16.6 Å². The maximum absolute atomic E-state index is 13.7. The lowest BCUT2D eigenvalue weighted by Gasteiger charge is -2.27. The second kappa shape index (κ2) is 9.40. The van der Waals surface area contributed by atoms with E-state index in [9.17, 15) is 13.2 Å². The highest BCUT2D eigenvalue weighted by Crippen LogP contribution is 2.31. The fourth-order valence-electron chi connectivity index (χ4n) is 4.34. The van der Waals surface area contributed by atoms with E-state index in [0.29, 0.717) is 47.1 Å². The van der Waals surface area contributed by atoms with Gasteiger partial charge in [0.2, 0.25) is 5.95 Å². The highest BCUT2D eigenvalue weighted by atomic mass is 35.5. The Morgan fingerprint density at radius 3 is 2.55 bits per heavy atom. The monoisotopic (exact) mass is 489 g/mol. The molecule has 0 atom stereocenters. The molecule has 2 heterocycles. The lowest BCUT2D eigenvalue weighted by Crippen LogP contribution is -2.31. The van der Waals surface area contributed by atoms with Crippen molar-refractivity contribution in [2.24, 2.45) is 11.7 Å². The van der Waals surface area contributed by atoms with Crippen molar-refractivity contribution in [3.63, 3.8) is 0 Å². The van der Waals surface area contributed by atoms with Crippen LogP contribution in [0.3, 0.4) is 0 Å². The molecule has 0 radical (unpaired) electrons. The van der Waals surface area contributed by atoms with Gasteiger partial charge in [-0.1, -0.05) is 17.7 Å². The first-order valence-electron chi connectivity index (χ1n) is 11.1. The summed E-state index contributed by atoms with van der Waals surface area (Å²) in [6, 6.07) is 6.38. The third-order valence-electron chi connectivity index (χ3n) is 6.15. The van der Waals surface area contributed by atoms with Crippen LogP contribution in [0.15, 0.2) is 40.2 Å². The smallest absolute Gasteiger partial charge is 0.260 e. The summed E-state index contributed by atoms with van der Waals surface area (Å²) in [7, 11) is -3.42. The fourth-order valence-corrected chi connectivity index (χ4v) is 5.33. The number of nitrogens with two attached hydrogens (primary N) is 1. The second-order valence-electron chi connectivity index (χ2n) is 8.67. The number of sulfone groups is 1. The molecule has 3 N–H and O–H groups in total. The molecule has 1 aliphatic carbocycles. The van der Waals surface area contributed by atoms with Gasteiger partial charge in [-0.2, -0.15) is 4.98 Å². The van der Waals surface area contributed by atoms with Gasteiger partial charge in [0.15, 0.2) is 9.84 Å². The Balaban J connectivity index is 1.87. The summed E-state index contributed by atoms with van der Waals surface area (Å²) in [5.41, 5.74) is 7.28. The van der Waals surface area contributed by atoms with Crippen molar-refractivity contribution >= 4 is 38.4 Å². The Hall–Kier alpha value is -2.49. The van der Waals surface area contributed by atoms with Crippen LogP contribution in [0.25, 0.3) is 22.2 Å². The van der Waals surface area contributed by atoms with E-state index in [0.717, 1.165) is 31.9 Å².